The monoisotopic (exact) mass is 241 g/mol. The number of halogens is 1. The minimum absolute atomic E-state index is 0.776. The minimum atomic E-state index is 0.776. The number of methoxy groups -OCH3 is 1. The van der Waals surface area contributed by atoms with Crippen LogP contribution in [0.15, 0.2) is 24.3 Å². The average Bonchev–Trinajstić information content (AvgIpc) is 2.34. The van der Waals surface area contributed by atoms with Crippen LogP contribution >= 0.6 is 11.6 Å². The average molecular weight is 242 g/mol. The van der Waals surface area contributed by atoms with Crippen LogP contribution in [-0.4, -0.2) is 19.5 Å². The number of nitrogens with one attached hydrogen (secondary N) is 1. The van der Waals surface area contributed by atoms with Crippen molar-refractivity contribution >= 4 is 11.6 Å². The van der Waals surface area contributed by atoms with Crippen LogP contribution in [0.25, 0.3) is 0 Å². The Labute approximate surface area is 103 Å². The van der Waals surface area contributed by atoms with E-state index in [0.717, 1.165) is 31.1 Å². The van der Waals surface area contributed by atoms with Gasteiger partial charge in [0.1, 0.15) is 5.75 Å². The molecule has 0 radical (unpaired) electrons. The maximum absolute atomic E-state index is 5.61. The van der Waals surface area contributed by atoms with E-state index >= 15 is 0 Å². The first kappa shape index (κ1) is 13.3. The molecule has 0 aromatic heterocycles. The van der Waals surface area contributed by atoms with Gasteiger partial charge in [-0.05, 0) is 37.1 Å². The molecule has 0 heterocycles. The van der Waals surface area contributed by atoms with Crippen molar-refractivity contribution in [1.82, 2.24) is 5.32 Å². The van der Waals surface area contributed by atoms with Crippen molar-refractivity contribution in [2.75, 3.05) is 19.5 Å². The second-order valence-electron chi connectivity index (χ2n) is 3.77. The molecule has 1 rings (SSSR count). The van der Waals surface area contributed by atoms with E-state index in [-0.39, 0.29) is 0 Å². The summed E-state index contributed by atoms with van der Waals surface area (Å²) >= 11 is 5.61. The van der Waals surface area contributed by atoms with E-state index in [1.54, 1.807) is 7.11 Å². The summed E-state index contributed by atoms with van der Waals surface area (Å²) in [6, 6.07) is 8.16. The third-order valence-electron chi connectivity index (χ3n) is 2.48. The molecule has 0 aliphatic rings. The molecule has 0 unspecified atom stereocenters. The minimum Gasteiger partial charge on any atom is -0.497 e. The van der Waals surface area contributed by atoms with Gasteiger partial charge in [0.25, 0.3) is 0 Å². The molecule has 3 heteroatoms. The fourth-order valence-corrected chi connectivity index (χ4v) is 1.69. The standard InChI is InChI=1S/C13H20ClNO/c1-16-13-7-5-12(6-8-13)11-15-10-4-2-3-9-14/h5-8,15H,2-4,9-11H2,1H3. The first-order chi connectivity index (χ1) is 7.86. The molecule has 1 aromatic carbocycles. The maximum atomic E-state index is 5.61. The topological polar surface area (TPSA) is 21.3 Å². The molecule has 2 nitrogen and oxygen atoms in total. The van der Waals surface area contributed by atoms with Crippen LogP contribution in [0.1, 0.15) is 24.8 Å². The Kier molecular flexibility index (Phi) is 7.02. The molecular formula is C13H20ClNO. The molecule has 0 aliphatic heterocycles. The second-order valence-corrected chi connectivity index (χ2v) is 4.15. The summed E-state index contributed by atoms with van der Waals surface area (Å²) in [5, 5.41) is 3.41. The van der Waals surface area contributed by atoms with Gasteiger partial charge in [-0.15, -0.1) is 11.6 Å². The Hall–Kier alpha value is -0.730. The lowest BCUT2D eigenvalue weighted by atomic mass is 10.2. The molecule has 0 saturated carbocycles. The SMILES string of the molecule is COc1ccc(CNCCCCCCl)cc1. The number of unbranched alkanes of at least 4 members (excludes halogenated alkanes) is 2. The molecule has 0 spiro atoms. The fourth-order valence-electron chi connectivity index (χ4n) is 1.50. The van der Waals surface area contributed by atoms with Gasteiger partial charge in [0.2, 0.25) is 0 Å². The molecule has 16 heavy (non-hydrogen) atoms. The van der Waals surface area contributed by atoms with Gasteiger partial charge in [-0.2, -0.15) is 0 Å². The van der Waals surface area contributed by atoms with Crippen LogP contribution in [-0.2, 0) is 6.54 Å². The summed E-state index contributed by atoms with van der Waals surface area (Å²) in [7, 11) is 1.68. The predicted molar refractivity (Wildman–Crippen MR) is 69.3 cm³/mol. The van der Waals surface area contributed by atoms with Crippen molar-refractivity contribution < 1.29 is 4.74 Å². The van der Waals surface area contributed by atoms with Crippen LogP contribution in [0.2, 0.25) is 0 Å². The van der Waals surface area contributed by atoms with E-state index in [1.165, 1.54) is 18.4 Å². The Morgan fingerprint density at radius 3 is 2.50 bits per heavy atom. The zero-order valence-electron chi connectivity index (χ0n) is 9.84. The van der Waals surface area contributed by atoms with E-state index in [4.69, 9.17) is 16.3 Å². The lowest BCUT2D eigenvalue weighted by molar-refractivity contribution is 0.414. The largest absolute Gasteiger partial charge is 0.497 e. The number of hydrogen-bond acceptors (Lipinski definition) is 2. The van der Waals surface area contributed by atoms with Crippen LogP contribution in [0.4, 0.5) is 0 Å². The van der Waals surface area contributed by atoms with Crippen molar-refractivity contribution in [3.63, 3.8) is 0 Å². The van der Waals surface area contributed by atoms with Crippen LogP contribution in [0.3, 0.4) is 0 Å². The Bertz CT molecular complexity index is 274. The van der Waals surface area contributed by atoms with E-state index in [0.29, 0.717) is 0 Å². The number of benzene rings is 1. The molecule has 0 aliphatic carbocycles. The number of alkyl halides is 1. The van der Waals surface area contributed by atoms with Gasteiger partial charge in [-0.3, -0.25) is 0 Å². The zero-order valence-corrected chi connectivity index (χ0v) is 10.6. The molecule has 1 aromatic rings. The number of rotatable bonds is 8. The summed E-state index contributed by atoms with van der Waals surface area (Å²) in [6.45, 7) is 1.98. The van der Waals surface area contributed by atoms with Crippen molar-refractivity contribution in [3.8, 4) is 5.75 Å². The van der Waals surface area contributed by atoms with Gasteiger partial charge >= 0.3 is 0 Å². The molecule has 90 valence electrons. The lowest BCUT2D eigenvalue weighted by Crippen LogP contribution is -2.14. The molecule has 0 saturated heterocycles. The lowest BCUT2D eigenvalue weighted by Gasteiger charge is -2.05. The van der Waals surface area contributed by atoms with E-state index in [1.807, 2.05) is 12.1 Å². The maximum Gasteiger partial charge on any atom is 0.118 e. The number of hydrogen-bond donors (Lipinski definition) is 1. The predicted octanol–water partition coefficient (Wildman–Crippen LogP) is 3.19. The van der Waals surface area contributed by atoms with Gasteiger partial charge in [-0.25, -0.2) is 0 Å². The molecule has 0 fully saturated rings. The summed E-state index contributed by atoms with van der Waals surface area (Å²) in [6.07, 6.45) is 3.52. The van der Waals surface area contributed by atoms with Gasteiger partial charge in [-0.1, -0.05) is 18.6 Å². The Balaban J connectivity index is 2.12. The van der Waals surface area contributed by atoms with E-state index in [9.17, 15) is 0 Å². The van der Waals surface area contributed by atoms with Gasteiger partial charge in [0.05, 0.1) is 7.11 Å². The molecule has 0 bridgehead atoms. The third kappa shape index (κ3) is 5.38. The Morgan fingerprint density at radius 1 is 1.12 bits per heavy atom. The highest BCUT2D eigenvalue weighted by molar-refractivity contribution is 6.17. The summed E-state index contributed by atoms with van der Waals surface area (Å²) in [5.74, 6) is 1.68. The summed E-state index contributed by atoms with van der Waals surface area (Å²) in [4.78, 5) is 0. The smallest absolute Gasteiger partial charge is 0.118 e. The Morgan fingerprint density at radius 2 is 1.88 bits per heavy atom. The second kappa shape index (κ2) is 8.43. The van der Waals surface area contributed by atoms with Crippen molar-refractivity contribution in [1.29, 1.82) is 0 Å². The van der Waals surface area contributed by atoms with E-state index < -0.39 is 0 Å². The summed E-state index contributed by atoms with van der Waals surface area (Å²) < 4.78 is 5.11. The number of ether oxygens (including phenoxy) is 1. The highest BCUT2D eigenvalue weighted by atomic mass is 35.5. The van der Waals surface area contributed by atoms with Gasteiger partial charge in [0, 0.05) is 12.4 Å². The molecular weight excluding hydrogens is 222 g/mol. The summed E-state index contributed by atoms with van der Waals surface area (Å²) in [5.41, 5.74) is 1.29. The van der Waals surface area contributed by atoms with Crippen molar-refractivity contribution in [2.24, 2.45) is 0 Å². The quantitative estimate of drug-likeness (QED) is 0.558. The molecule has 0 amide bonds. The fraction of sp³-hybridized carbons (Fsp3) is 0.538. The highest BCUT2D eigenvalue weighted by Crippen LogP contribution is 2.10. The molecule has 0 atom stereocenters. The van der Waals surface area contributed by atoms with Crippen molar-refractivity contribution in [3.05, 3.63) is 29.8 Å². The van der Waals surface area contributed by atoms with Crippen LogP contribution in [0, 0.1) is 0 Å². The normalized spacial score (nSPS) is 10.4. The zero-order chi connectivity index (χ0) is 11.6. The third-order valence-corrected chi connectivity index (χ3v) is 2.74. The van der Waals surface area contributed by atoms with E-state index in [2.05, 4.69) is 17.4 Å². The first-order valence-electron chi connectivity index (χ1n) is 5.76. The van der Waals surface area contributed by atoms with Gasteiger partial charge in [0.15, 0.2) is 0 Å². The highest BCUT2D eigenvalue weighted by Gasteiger charge is 1.94. The van der Waals surface area contributed by atoms with Crippen LogP contribution in [0.5, 0.6) is 5.75 Å². The molecule has 1 N–H and O–H groups in total. The first-order valence-corrected chi connectivity index (χ1v) is 6.30. The van der Waals surface area contributed by atoms with Gasteiger partial charge < -0.3 is 10.1 Å². The van der Waals surface area contributed by atoms with Crippen molar-refractivity contribution in [2.45, 2.75) is 25.8 Å². The van der Waals surface area contributed by atoms with Crippen LogP contribution < -0.4 is 10.1 Å².